The third kappa shape index (κ3) is 9.07. The van der Waals surface area contributed by atoms with Crippen LogP contribution in [0.3, 0.4) is 0 Å². The lowest BCUT2D eigenvalue weighted by Gasteiger charge is -2.16. The van der Waals surface area contributed by atoms with Gasteiger partial charge in [-0.05, 0) is 46.5 Å². The van der Waals surface area contributed by atoms with Crippen molar-refractivity contribution in [2.45, 2.75) is 65.9 Å². The third-order valence-electron chi connectivity index (χ3n) is 2.36. The van der Waals surface area contributed by atoms with Crippen LogP contribution in [0.25, 0.3) is 0 Å². The van der Waals surface area contributed by atoms with E-state index in [0.29, 0.717) is 13.0 Å². The average molecular weight is 254 g/mol. The molecule has 0 unspecified atom stereocenters. The summed E-state index contributed by atoms with van der Waals surface area (Å²) in [6.07, 6.45) is 3.54. The minimum atomic E-state index is -0.546. The van der Waals surface area contributed by atoms with Crippen LogP contribution in [0.5, 0.6) is 0 Å². The summed E-state index contributed by atoms with van der Waals surface area (Å²) in [4.78, 5) is 11.4. The van der Waals surface area contributed by atoms with Gasteiger partial charge in [0.1, 0.15) is 6.10 Å². The molecule has 0 heterocycles. The minimum absolute atomic E-state index is 0.175. The number of aliphatic hydroxyl groups excluding tert-OH is 1. The van der Waals surface area contributed by atoms with Gasteiger partial charge < -0.3 is 9.84 Å². The molecule has 0 bridgehead atoms. The van der Waals surface area contributed by atoms with Crippen molar-refractivity contribution in [2.75, 3.05) is 6.61 Å². The molecule has 1 N–H and O–H groups in total. The van der Waals surface area contributed by atoms with Gasteiger partial charge in [-0.1, -0.05) is 12.8 Å². The first-order chi connectivity index (χ1) is 8.38. The van der Waals surface area contributed by atoms with Crippen LogP contribution in [0.4, 0.5) is 0 Å². The zero-order chi connectivity index (χ0) is 14.0. The van der Waals surface area contributed by atoms with Crippen molar-refractivity contribution in [1.82, 2.24) is 0 Å². The Morgan fingerprint density at radius 3 is 2.56 bits per heavy atom. The first-order valence-electron chi connectivity index (χ1n) is 6.71. The molecule has 0 aliphatic carbocycles. The van der Waals surface area contributed by atoms with Gasteiger partial charge in [0.05, 0.1) is 12.0 Å². The number of hydrogen-bond acceptors (Lipinski definition) is 3. The van der Waals surface area contributed by atoms with Crippen LogP contribution < -0.4 is 0 Å². The van der Waals surface area contributed by atoms with E-state index >= 15 is 0 Å². The summed E-state index contributed by atoms with van der Waals surface area (Å²) in [7, 11) is 0. The molecule has 0 aliphatic rings. The maximum Gasteiger partial charge on any atom is 0.311 e. The van der Waals surface area contributed by atoms with Crippen molar-refractivity contribution in [3.05, 3.63) is 0 Å². The van der Waals surface area contributed by atoms with Crippen LogP contribution in [0.2, 0.25) is 0 Å². The number of hydrogen-bond donors (Lipinski definition) is 1. The number of ether oxygens (including phenoxy) is 1. The quantitative estimate of drug-likeness (QED) is 0.450. The molecule has 1 atom stereocenters. The summed E-state index contributed by atoms with van der Waals surface area (Å²) in [5.41, 5.74) is -0.439. The van der Waals surface area contributed by atoms with E-state index in [9.17, 15) is 9.90 Å². The molecular weight excluding hydrogens is 228 g/mol. The molecule has 0 rings (SSSR count). The molecule has 3 heteroatoms. The van der Waals surface area contributed by atoms with E-state index in [4.69, 9.17) is 4.74 Å². The molecule has 0 aromatic heterocycles. The van der Waals surface area contributed by atoms with Gasteiger partial charge in [-0.15, -0.1) is 5.92 Å². The van der Waals surface area contributed by atoms with Gasteiger partial charge in [-0.25, -0.2) is 0 Å². The first kappa shape index (κ1) is 17.0. The normalized spacial score (nSPS) is 12.5. The SMILES string of the molecule is CCCC#C[C@@H](O)CCCCOC(=O)C(C)(C)C. The number of carbonyl (C=O) groups excluding carboxylic acids is 1. The molecule has 0 aromatic rings. The van der Waals surface area contributed by atoms with E-state index in [-0.39, 0.29) is 5.97 Å². The second-order valence-corrected chi connectivity index (χ2v) is 5.47. The second kappa shape index (κ2) is 8.99. The molecule has 0 saturated heterocycles. The number of unbranched alkanes of at least 4 members (excludes halogenated alkanes) is 2. The minimum Gasteiger partial charge on any atom is -0.465 e. The van der Waals surface area contributed by atoms with Crippen molar-refractivity contribution in [3.8, 4) is 11.8 Å². The zero-order valence-electron chi connectivity index (χ0n) is 12.1. The Bertz CT molecular complexity index is 291. The van der Waals surface area contributed by atoms with Crippen LogP contribution in [-0.4, -0.2) is 23.8 Å². The van der Waals surface area contributed by atoms with Gasteiger partial charge in [0.25, 0.3) is 0 Å². The molecule has 0 fully saturated rings. The largest absolute Gasteiger partial charge is 0.465 e. The molecular formula is C15H26O3. The third-order valence-corrected chi connectivity index (χ3v) is 2.36. The van der Waals surface area contributed by atoms with E-state index in [1.165, 1.54) is 0 Å². The van der Waals surface area contributed by atoms with Crippen molar-refractivity contribution < 1.29 is 14.6 Å². The summed E-state index contributed by atoms with van der Waals surface area (Å²) >= 11 is 0. The van der Waals surface area contributed by atoms with Gasteiger partial charge in [0, 0.05) is 6.42 Å². The van der Waals surface area contributed by atoms with Crippen LogP contribution in [0.1, 0.15) is 59.8 Å². The Morgan fingerprint density at radius 1 is 1.33 bits per heavy atom. The molecule has 0 amide bonds. The summed E-state index contributed by atoms with van der Waals surface area (Å²) in [5, 5.41) is 9.53. The summed E-state index contributed by atoms with van der Waals surface area (Å²) in [6.45, 7) is 7.99. The number of rotatable bonds is 6. The predicted octanol–water partition coefficient (Wildman–Crippen LogP) is 2.91. The van der Waals surface area contributed by atoms with Crippen molar-refractivity contribution >= 4 is 5.97 Å². The average Bonchev–Trinajstić information content (AvgIpc) is 2.27. The maximum atomic E-state index is 11.4. The maximum absolute atomic E-state index is 11.4. The Hall–Kier alpha value is -1.01. The van der Waals surface area contributed by atoms with Crippen molar-refractivity contribution in [1.29, 1.82) is 0 Å². The molecule has 3 nitrogen and oxygen atoms in total. The highest BCUT2D eigenvalue weighted by Gasteiger charge is 2.22. The summed E-state index contributed by atoms with van der Waals surface area (Å²) in [5.74, 6) is 5.56. The van der Waals surface area contributed by atoms with Crippen LogP contribution in [0.15, 0.2) is 0 Å². The summed E-state index contributed by atoms with van der Waals surface area (Å²) in [6, 6.07) is 0. The monoisotopic (exact) mass is 254 g/mol. The van der Waals surface area contributed by atoms with E-state index in [2.05, 4.69) is 18.8 Å². The lowest BCUT2D eigenvalue weighted by Crippen LogP contribution is -2.23. The van der Waals surface area contributed by atoms with Gasteiger partial charge in [0.2, 0.25) is 0 Å². The Morgan fingerprint density at radius 2 is 2.00 bits per heavy atom. The van der Waals surface area contributed by atoms with Crippen LogP contribution >= 0.6 is 0 Å². The highest BCUT2D eigenvalue weighted by atomic mass is 16.5. The fourth-order valence-corrected chi connectivity index (χ4v) is 1.21. The van der Waals surface area contributed by atoms with Gasteiger partial charge >= 0.3 is 5.97 Å². The second-order valence-electron chi connectivity index (χ2n) is 5.47. The molecule has 0 radical (unpaired) electrons. The molecule has 0 aromatic carbocycles. The summed E-state index contributed by atoms with van der Waals surface area (Å²) < 4.78 is 5.13. The van der Waals surface area contributed by atoms with Crippen LogP contribution in [0, 0.1) is 17.3 Å². The standard InChI is InChI=1S/C15H26O3/c1-5-6-7-10-13(16)11-8-9-12-18-14(17)15(2,3)4/h13,16H,5-6,8-9,11-12H2,1-4H3/t13-/m1/s1. The molecule has 0 aliphatic heterocycles. The first-order valence-corrected chi connectivity index (χ1v) is 6.71. The van der Waals surface area contributed by atoms with Gasteiger partial charge in [-0.3, -0.25) is 4.79 Å². The van der Waals surface area contributed by atoms with Crippen molar-refractivity contribution in [3.63, 3.8) is 0 Å². The lowest BCUT2D eigenvalue weighted by atomic mass is 9.97. The highest BCUT2D eigenvalue weighted by molar-refractivity contribution is 5.75. The van der Waals surface area contributed by atoms with E-state index in [1.807, 2.05) is 20.8 Å². The Labute approximate surface area is 111 Å². The Balaban J connectivity index is 3.58. The zero-order valence-corrected chi connectivity index (χ0v) is 12.1. The van der Waals surface area contributed by atoms with E-state index in [1.54, 1.807) is 0 Å². The lowest BCUT2D eigenvalue weighted by molar-refractivity contribution is -0.153. The van der Waals surface area contributed by atoms with Crippen molar-refractivity contribution in [2.24, 2.45) is 5.41 Å². The highest BCUT2D eigenvalue weighted by Crippen LogP contribution is 2.15. The number of aliphatic hydroxyl groups is 1. The fraction of sp³-hybridized carbons (Fsp3) is 0.800. The van der Waals surface area contributed by atoms with Gasteiger partial charge in [-0.2, -0.15) is 0 Å². The van der Waals surface area contributed by atoms with Crippen LogP contribution in [-0.2, 0) is 9.53 Å². The molecule has 104 valence electrons. The fourth-order valence-electron chi connectivity index (χ4n) is 1.21. The Kier molecular flexibility index (Phi) is 8.49. The predicted molar refractivity (Wildman–Crippen MR) is 73.0 cm³/mol. The molecule has 0 saturated carbocycles. The van der Waals surface area contributed by atoms with E-state index < -0.39 is 11.5 Å². The van der Waals surface area contributed by atoms with Gasteiger partial charge in [0.15, 0.2) is 0 Å². The number of carbonyl (C=O) groups is 1. The topological polar surface area (TPSA) is 46.5 Å². The number of esters is 1. The molecule has 0 spiro atoms. The molecule has 18 heavy (non-hydrogen) atoms. The van der Waals surface area contributed by atoms with E-state index in [0.717, 1.165) is 25.7 Å². The smallest absolute Gasteiger partial charge is 0.311 e.